The molecule has 1 atom stereocenters. The van der Waals surface area contributed by atoms with Gasteiger partial charge in [-0.2, -0.15) is 0 Å². The Hall–Kier alpha value is -3.06. The smallest absolute Gasteiger partial charge is 0.265 e. The molecule has 1 aliphatic rings. The SMILES string of the molecule is O=C(NN[C@H]1CC(=O)N(c2ccccc2)C1=O)c1ccncc1. The van der Waals surface area contributed by atoms with Gasteiger partial charge in [0, 0.05) is 18.0 Å². The van der Waals surface area contributed by atoms with Gasteiger partial charge < -0.3 is 0 Å². The number of pyridine rings is 1. The zero-order valence-electron chi connectivity index (χ0n) is 12.1. The summed E-state index contributed by atoms with van der Waals surface area (Å²) in [5.41, 5.74) is 6.00. The van der Waals surface area contributed by atoms with Crippen LogP contribution in [-0.4, -0.2) is 28.7 Å². The van der Waals surface area contributed by atoms with E-state index >= 15 is 0 Å². The summed E-state index contributed by atoms with van der Waals surface area (Å²) < 4.78 is 0. The van der Waals surface area contributed by atoms with Crippen LogP contribution in [0.5, 0.6) is 0 Å². The van der Waals surface area contributed by atoms with E-state index in [1.54, 1.807) is 42.5 Å². The summed E-state index contributed by atoms with van der Waals surface area (Å²) in [5, 5.41) is 0. The molecule has 0 saturated carbocycles. The fourth-order valence-electron chi connectivity index (χ4n) is 2.32. The minimum atomic E-state index is -0.784. The van der Waals surface area contributed by atoms with Crippen molar-refractivity contribution in [3.05, 3.63) is 60.4 Å². The Labute approximate surface area is 132 Å². The number of hydrazine groups is 1. The van der Waals surface area contributed by atoms with Gasteiger partial charge in [0.05, 0.1) is 12.1 Å². The molecule has 0 unspecified atom stereocenters. The Morgan fingerprint density at radius 2 is 1.78 bits per heavy atom. The molecule has 1 saturated heterocycles. The summed E-state index contributed by atoms with van der Waals surface area (Å²) in [6.07, 6.45) is 2.98. The first-order valence-corrected chi connectivity index (χ1v) is 7.04. The van der Waals surface area contributed by atoms with Gasteiger partial charge in [-0.3, -0.25) is 24.8 Å². The van der Waals surface area contributed by atoms with Gasteiger partial charge in [0.2, 0.25) is 5.91 Å². The van der Waals surface area contributed by atoms with Crippen molar-refractivity contribution >= 4 is 23.4 Å². The molecule has 1 fully saturated rings. The number of nitrogens with zero attached hydrogens (tertiary/aromatic N) is 2. The molecule has 3 rings (SSSR count). The van der Waals surface area contributed by atoms with Crippen molar-refractivity contribution in [1.82, 2.24) is 15.8 Å². The molecule has 0 bridgehead atoms. The molecule has 7 nitrogen and oxygen atoms in total. The highest BCUT2D eigenvalue weighted by Crippen LogP contribution is 2.22. The van der Waals surface area contributed by atoms with Crippen LogP contribution >= 0.6 is 0 Å². The van der Waals surface area contributed by atoms with Crippen molar-refractivity contribution in [2.45, 2.75) is 12.5 Å². The Kier molecular flexibility index (Phi) is 4.11. The number of nitrogens with one attached hydrogen (secondary N) is 2. The fourth-order valence-corrected chi connectivity index (χ4v) is 2.32. The number of hydrogen-bond acceptors (Lipinski definition) is 5. The maximum atomic E-state index is 12.3. The van der Waals surface area contributed by atoms with Crippen molar-refractivity contribution in [2.24, 2.45) is 0 Å². The lowest BCUT2D eigenvalue weighted by Gasteiger charge is -2.15. The van der Waals surface area contributed by atoms with E-state index in [2.05, 4.69) is 15.8 Å². The van der Waals surface area contributed by atoms with Crippen LogP contribution in [0.25, 0.3) is 0 Å². The number of rotatable bonds is 4. The van der Waals surface area contributed by atoms with Crippen LogP contribution < -0.4 is 15.8 Å². The molecule has 0 radical (unpaired) electrons. The second-order valence-corrected chi connectivity index (χ2v) is 4.99. The van der Waals surface area contributed by atoms with E-state index in [0.29, 0.717) is 11.3 Å². The van der Waals surface area contributed by atoms with Crippen LogP contribution in [-0.2, 0) is 9.59 Å². The largest absolute Gasteiger partial charge is 0.287 e. The monoisotopic (exact) mass is 310 g/mol. The zero-order valence-corrected chi connectivity index (χ0v) is 12.1. The van der Waals surface area contributed by atoms with Gasteiger partial charge in [-0.25, -0.2) is 10.3 Å². The third-order valence-electron chi connectivity index (χ3n) is 3.46. The van der Waals surface area contributed by atoms with Gasteiger partial charge in [0.25, 0.3) is 11.8 Å². The number of benzene rings is 1. The minimum Gasteiger partial charge on any atom is -0.287 e. The van der Waals surface area contributed by atoms with Crippen LogP contribution in [0, 0.1) is 0 Å². The first kappa shape index (κ1) is 14.9. The lowest BCUT2D eigenvalue weighted by molar-refractivity contribution is -0.121. The van der Waals surface area contributed by atoms with E-state index in [-0.39, 0.29) is 12.3 Å². The van der Waals surface area contributed by atoms with Gasteiger partial charge in [0.1, 0.15) is 6.04 Å². The second-order valence-electron chi connectivity index (χ2n) is 4.99. The number of aromatic nitrogens is 1. The average molecular weight is 310 g/mol. The van der Waals surface area contributed by atoms with Gasteiger partial charge in [-0.1, -0.05) is 18.2 Å². The normalized spacial score (nSPS) is 17.4. The van der Waals surface area contributed by atoms with Crippen LogP contribution in [0.3, 0.4) is 0 Å². The Balaban J connectivity index is 1.65. The first-order chi connectivity index (χ1) is 11.2. The first-order valence-electron chi connectivity index (χ1n) is 7.04. The lowest BCUT2D eigenvalue weighted by atomic mass is 10.2. The molecule has 7 heteroatoms. The molecule has 2 N–H and O–H groups in total. The molecule has 116 valence electrons. The topological polar surface area (TPSA) is 91.4 Å². The molecule has 2 aromatic rings. The summed E-state index contributed by atoms with van der Waals surface area (Å²) in [7, 11) is 0. The van der Waals surface area contributed by atoms with Crippen LogP contribution in [0.15, 0.2) is 54.9 Å². The molecule has 1 aromatic carbocycles. The van der Waals surface area contributed by atoms with Crippen molar-refractivity contribution < 1.29 is 14.4 Å². The third-order valence-corrected chi connectivity index (χ3v) is 3.46. The fraction of sp³-hybridized carbons (Fsp3) is 0.125. The van der Waals surface area contributed by atoms with Crippen molar-refractivity contribution in [1.29, 1.82) is 0 Å². The average Bonchev–Trinajstić information content (AvgIpc) is 2.88. The number of para-hydroxylation sites is 1. The summed E-state index contributed by atoms with van der Waals surface area (Å²) in [6.45, 7) is 0. The van der Waals surface area contributed by atoms with E-state index < -0.39 is 17.9 Å². The number of hydrogen-bond donors (Lipinski definition) is 2. The minimum absolute atomic E-state index is 0.00957. The van der Waals surface area contributed by atoms with Gasteiger partial charge in [0.15, 0.2) is 0 Å². The third kappa shape index (κ3) is 3.09. The standard InChI is InChI=1S/C16H14N4O3/c21-14-10-13(16(23)20(14)12-4-2-1-3-5-12)18-19-15(22)11-6-8-17-9-7-11/h1-9,13,18H,10H2,(H,19,22)/t13-/m0/s1. The number of anilines is 1. The molecule has 2 heterocycles. The lowest BCUT2D eigenvalue weighted by Crippen LogP contribution is -2.48. The molecule has 1 aromatic heterocycles. The molecule has 3 amide bonds. The van der Waals surface area contributed by atoms with Gasteiger partial charge in [-0.05, 0) is 24.3 Å². The highest BCUT2D eigenvalue weighted by molar-refractivity contribution is 6.22. The molecule has 23 heavy (non-hydrogen) atoms. The molecule has 0 spiro atoms. The highest BCUT2D eigenvalue weighted by Gasteiger charge is 2.39. The second kappa shape index (κ2) is 6.37. The molecule has 0 aliphatic carbocycles. The molecular formula is C16H14N4O3. The predicted octanol–water partition coefficient (Wildman–Crippen LogP) is 0.648. The Bertz CT molecular complexity index is 734. The van der Waals surface area contributed by atoms with E-state index in [4.69, 9.17) is 0 Å². The molecule has 1 aliphatic heterocycles. The maximum Gasteiger partial charge on any atom is 0.265 e. The van der Waals surface area contributed by atoms with Gasteiger partial charge in [-0.15, -0.1) is 0 Å². The number of amides is 3. The van der Waals surface area contributed by atoms with Crippen LogP contribution in [0.1, 0.15) is 16.8 Å². The predicted molar refractivity (Wildman–Crippen MR) is 82.2 cm³/mol. The van der Waals surface area contributed by atoms with Crippen LogP contribution in [0.4, 0.5) is 5.69 Å². The number of imide groups is 1. The van der Waals surface area contributed by atoms with Gasteiger partial charge >= 0.3 is 0 Å². The van der Waals surface area contributed by atoms with E-state index in [0.717, 1.165) is 4.90 Å². The highest BCUT2D eigenvalue weighted by atomic mass is 16.2. The summed E-state index contributed by atoms with van der Waals surface area (Å²) in [6, 6.07) is 11.0. The van der Waals surface area contributed by atoms with E-state index in [9.17, 15) is 14.4 Å². The van der Waals surface area contributed by atoms with Crippen molar-refractivity contribution in [3.8, 4) is 0 Å². The Morgan fingerprint density at radius 1 is 1.09 bits per heavy atom. The van der Waals surface area contributed by atoms with E-state index in [1.165, 1.54) is 12.4 Å². The van der Waals surface area contributed by atoms with Crippen LogP contribution in [0.2, 0.25) is 0 Å². The van der Waals surface area contributed by atoms with E-state index in [1.807, 2.05) is 0 Å². The number of carbonyl (C=O) groups is 3. The zero-order chi connectivity index (χ0) is 16.2. The quantitative estimate of drug-likeness (QED) is 0.639. The summed E-state index contributed by atoms with van der Waals surface area (Å²) >= 11 is 0. The maximum absolute atomic E-state index is 12.3. The number of carbonyl (C=O) groups excluding carboxylic acids is 3. The van der Waals surface area contributed by atoms with Crippen molar-refractivity contribution in [2.75, 3.05) is 4.90 Å². The Morgan fingerprint density at radius 3 is 2.48 bits per heavy atom. The summed E-state index contributed by atoms with van der Waals surface area (Å²) in [5.74, 6) is -1.10. The van der Waals surface area contributed by atoms with Crippen molar-refractivity contribution in [3.63, 3.8) is 0 Å². The molecular weight excluding hydrogens is 296 g/mol. The summed E-state index contributed by atoms with van der Waals surface area (Å²) in [4.78, 5) is 41.3.